The first kappa shape index (κ1) is 40.2. The van der Waals surface area contributed by atoms with Gasteiger partial charge in [0.05, 0.1) is 55.4 Å². The third kappa shape index (κ3) is 8.92. The Kier molecular flexibility index (Phi) is 12.5. The molecule has 0 bridgehead atoms. The van der Waals surface area contributed by atoms with Crippen LogP contribution in [-0.2, 0) is 35.5 Å². The lowest BCUT2D eigenvalue weighted by Crippen LogP contribution is -2.44. The number of hydrogen-bond acceptors (Lipinski definition) is 9. The van der Waals surface area contributed by atoms with Crippen molar-refractivity contribution in [2.24, 2.45) is 9.98 Å². The van der Waals surface area contributed by atoms with Crippen molar-refractivity contribution in [2.45, 2.75) is 84.1 Å². The molecule has 0 aliphatic carbocycles. The molecule has 0 radical (unpaired) electrons. The van der Waals surface area contributed by atoms with Crippen LogP contribution in [0.1, 0.15) is 69.9 Å². The number of aliphatic imine (C=N–C) groups is 2. The maximum absolute atomic E-state index is 14.0. The Morgan fingerprint density at radius 3 is 2.41 bits per heavy atom. The molecule has 3 heterocycles. The topological polar surface area (TPSA) is 134 Å². The van der Waals surface area contributed by atoms with Crippen LogP contribution in [0.25, 0.3) is 0 Å². The Morgan fingerprint density at radius 2 is 1.66 bits per heavy atom. The Hall–Kier alpha value is -6.01. The number of aryl methyl sites for hydroxylation is 2. The minimum atomic E-state index is -0.329. The first-order chi connectivity index (χ1) is 28.1. The van der Waals surface area contributed by atoms with E-state index < -0.39 is 0 Å². The molecule has 4 aromatic carbocycles. The number of fused-ring (bicyclic) bond motifs is 4. The number of unbranched alkanes of at least 4 members (excludes halogenated alkanes) is 2. The van der Waals surface area contributed by atoms with Gasteiger partial charge in [0.15, 0.2) is 11.5 Å². The molecule has 2 N–H and O–H groups in total. The second-order valence-electron chi connectivity index (χ2n) is 15.2. The van der Waals surface area contributed by atoms with Crippen LogP contribution in [-0.4, -0.2) is 86.0 Å². The van der Waals surface area contributed by atoms with E-state index in [-0.39, 0.29) is 29.9 Å². The maximum atomic E-state index is 14.0. The molecule has 0 saturated carbocycles. The van der Waals surface area contributed by atoms with Crippen LogP contribution in [0.5, 0.6) is 17.2 Å². The number of hydrogen-bond donors (Lipinski definition) is 2. The van der Waals surface area contributed by atoms with Crippen LogP contribution in [0.3, 0.4) is 0 Å². The van der Waals surface area contributed by atoms with Crippen molar-refractivity contribution in [3.8, 4) is 17.2 Å². The van der Waals surface area contributed by atoms with Gasteiger partial charge in [-0.05, 0) is 112 Å². The normalized spacial score (nSPS) is 17.4. The smallest absolute Gasteiger partial charge is 0.257 e. The van der Waals surface area contributed by atoms with E-state index in [9.17, 15) is 14.4 Å². The summed E-state index contributed by atoms with van der Waals surface area (Å²) in [4.78, 5) is 51.5. The number of carbonyl (C=O) groups is 3. The molecule has 0 aromatic heterocycles. The molecular formula is C46H52N6O6. The van der Waals surface area contributed by atoms with Gasteiger partial charge >= 0.3 is 0 Å². The fourth-order valence-corrected chi connectivity index (χ4v) is 7.69. The molecule has 0 saturated heterocycles. The Balaban J connectivity index is 0.913. The average Bonchev–Trinajstić information content (AvgIpc) is 3.36. The fourth-order valence-electron chi connectivity index (χ4n) is 7.69. The van der Waals surface area contributed by atoms with Crippen molar-refractivity contribution in [2.75, 3.05) is 32.7 Å². The number of methoxy groups -OCH3 is 1. The van der Waals surface area contributed by atoms with Crippen molar-refractivity contribution in [1.82, 2.24) is 15.1 Å². The number of rotatable bonds is 15. The predicted octanol–water partition coefficient (Wildman–Crippen LogP) is 7.06. The van der Waals surface area contributed by atoms with Gasteiger partial charge in [-0.15, -0.1) is 0 Å². The van der Waals surface area contributed by atoms with Gasteiger partial charge in [-0.1, -0.05) is 36.4 Å². The summed E-state index contributed by atoms with van der Waals surface area (Å²) in [5.41, 5.74) is 9.17. The van der Waals surface area contributed by atoms with Crippen LogP contribution in [0.15, 0.2) is 76.7 Å². The molecule has 12 nitrogen and oxygen atoms in total. The molecule has 302 valence electrons. The molecule has 12 heteroatoms. The number of ether oxygens (including phenoxy) is 3. The zero-order chi connectivity index (χ0) is 40.8. The Labute approximate surface area is 340 Å². The van der Waals surface area contributed by atoms with Gasteiger partial charge in [-0.3, -0.25) is 24.4 Å². The van der Waals surface area contributed by atoms with Gasteiger partial charge in [-0.2, -0.15) is 0 Å². The Bertz CT molecular complexity index is 2240. The number of amides is 3. The van der Waals surface area contributed by atoms with Crippen LogP contribution in [0.4, 0.5) is 17.1 Å². The van der Waals surface area contributed by atoms with E-state index >= 15 is 0 Å². The van der Waals surface area contributed by atoms with Gasteiger partial charge in [0.25, 0.3) is 5.91 Å². The number of benzene rings is 4. The fraction of sp³-hybridized carbons (Fsp3) is 0.370. The molecule has 3 atom stereocenters. The van der Waals surface area contributed by atoms with E-state index in [0.29, 0.717) is 61.2 Å². The highest BCUT2D eigenvalue weighted by Crippen LogP contribution is 2.39. The van der Waals surface area contributed by atoms with Gasteiger partial charge in [0.2, 0.25) is 12.3 Å². The van der Waals surface area contributed by atoms with E-state index in [2.05, 4.69) is 28.8 Å². The molecule has 0 fully saturated rings. The van der Waals surface area contributed by atoms with E-state index in [1.165, 1.54) is 11.1 Å². The average molecular weight is 785 g/mol. The first-order valence-corrected chi connectivity index (χ1v) is 20.0. The Morgan fingerprint density at radius 1 is 0.897 bits per heavy atom. The number of likely N-dealkylation sites (N-methyl/N-ethyl adjacent to an activating group) is 1. The molecule has 58 heavy (non-hydrogen) atoms. The number of nitrogens with zero attached hydrogens (tertiary/aromatic N) is 4. The SMILES string of the molecule is CNC(C)C(=O)Nc1ccc2c(c1)CN1C(=O)c3cc(OC)c(OCCCCCOc4cc(N=CC5Cc6ccccc6CN5C=O)c(C)cc4C)cc3N=CC1C2. The maximum Gasteiger partial charge on any atom is 0.257 e. The van der Waals surface area contributed by atoms with E-state index in [4.69, 9.17) is 24.2 Å². The van der Waals surface area contributed by atoms with E-state index in [1.54, 1.807) is 38.1 Å². The number of nitrogens with one attached hydrogen (secondary N) is 2. The second kappa shape index (κ2) is 18.1. The first-order valence-electron chi connectivity index (χ1n) is 20.0. The minimum Gasteiger partial charge on any atom is -0.493 e. The van der Waals surface area contributed by atoms with Crippen LogP contribution in [0.2, 0.25) is 0 Å². The van der Waals surface area contributed by atoms with Gasteiger partial charge in [-0.25, -0.2) is 0 Å². The summed E-state index contributed by atoms with van der Waals surface area (Å²) in [7, 11) is 3.31. The number of anilines is 1. The van der Waals surface area contributed by atoms with E-state index in [1.807, 2.05) is 67.6 Å². The van der Waals surface area contributed by atoms with Crippen molar-refractivity contribution < 1.29 is 28.6 Å². The lowest BCUT2D eigenvalue weighted by molar-refractivity contribution is -0.120. The molecule has 4 aromatic rings. The van der Waals surface area contributed by atoms with Crippen molar-refractivity contribution in [3.05, 3.63) is 106 Å². The van der Waals surface area contributed by atoms with Crippen molar-refractivity contribution >= 4 is 47.7 Å². The molecule has 3 unspecified atom stereocenters. The summed E-state index contributed by atoms with van der Waals surface area (Å²) in [6.07, 6.45) is 8.53. The quantitative estimate of drug-likeness (QED) is 0.0750. The lowest BCUT2D eigenvalue weighted by Gasteiger charge is -2.34. The predicted molar refractivity (Wildman–Crippen MR) is 227 cm³/mol. The third-order valence-electron chi connectivity index (χ3n) is 11.3. The zero-order valence-corrected chi connectivity index (χ0v) is 33.9. The highest BCUT2D eigenvalue weighted by Gasteiger charge is 2.34. The van der Waals surface area contributed by atoms with Gasteiger partial charge in [0.1, 0.15) is 5.75 Å². The third-order valence-corrected chi connectivity index (χ3v) is 11.3. The zero-order valence-electron chi connectivity index (χ0n) is 33.9. The summed E-state index contributed by atoms with van der Waals surface area (Å²) in [5.74, 6) is 1.57. The van der Waals surface area contributed by atoms with Gasteiger partial charge in [0, 0.05) is 43.3 Å². The second-order valence-corrected chi connectivity index (χ2v) is 15.2. The summed E-state index contributed by atoms with van der Waals surface area (Å²) >= 11 is 0. The summed E-state index contributed by atoms with van der Waals surface area (Å²) < 4.78 is 18.1. The van der Waals surface area contributed by atoms with Crippen LogP contribution >= 0.6 is 0 Å². The molecule has 0 spiro atoms. The highest BCUT2D eigenvalue weighted by atomic mass is 16.5. The molecule has 3 aliphatic rings. The van der Waals surface area contributed by atoms with E-state index in [0.717, 1.165) is 65.8 Å². The van der Waals surface area contributed by atoms with Crippen LogP contribution in [0, 0.1) is 13.8 Å². The summed E-state index contributed by atoms with van der Waals surface area (Å²) in [6, 6.07) is 21.1. The van der Waals surface area contributed by atoms with Crippen molar-refractivity contribution in [1.29, 1.82) is 0 Å². The lowest BCUT2D eigenvalue weighted by atomic mass is 9.93. The standard InChI is InChI=1S/C46H52N6O6/c1-29-17-30(2)42(22-40(29)48-24-37-19-32-11-7-8-12-34(32)26-51(37)28-53)57-15-9-6-10-16-58-44-23-41-39(21-43(44)56-5)46(55)52-27-35-18-36(50-45(54)31(3)47-4)14-13-33(35)20-38(52)25-49-41/h7-8,11-14,17-18,21-25,28,31,37-38,47H,6,9-10,15-16,19-20,26-27H2,1-5H3,(H,50,54). The molecule has 3 amide bonds. The molecule has 7 rings (SSSR count). The van der Waals surface area contributed by atoms with Crippen LogP contribution < -0.4 is 24.8 Å². The highest BCUT2D eigenvalue weighted by molar-refractivity contribution is 6.03. The summed E-state index contributed by atoms with van der Waals surface area (Å²) in [6.45, 7) is 7.88. The summed E-state index contributed by atoms with van der Waals surface area (Å²) in [5, 5.41) is 5.91. The molecule has 3 aliphatic heterocycles. The number of carbonyl (C=O) groups excluding carboxylic acids is 3. The largest absolute Gasteiger partial charge is 0.493 e. The van der Waals surface area contributed by atoms with Gasteiger partial charge < -0.3 is 34.6 Å². The monoisotopic (exact) mass is 784 g/mol. The van der Waals surface area contributed by atoms with Crippen molar-refractivity contribution in [3.63, 3.8) is 0 Å². The molecular weight excluding hydrogens is 733 g/mol. The minimum absolute atomic E-state index is 0.105.